The lowest BCUT2D eigenvalue weighted by molar-refractivity contribution is 0.613. The van der Waals surface area contributed by atoms with Crippen LogP contribution in [0.4, 0.5) is 17.1 Å². The lowest BCUT2D eigenvalue weighted by Gasteiger charge is -2.27. The number of hydrogen-bond acceptors (Lipinski definition) is 2. The van der Waals surface area contributed by atoms with E-state index in [0.29, 0.717) is 17.8 Å². The molecule has 2 aliphatic rings. The van der Waals surface area contributed by atoms with Crippen LogP contribution in [0, 0.1) is 11.8 Å². The van der Waals surface area contributed by atoms with E-state index in [1.54, 1.807) is 0 Å². The summed E-state index contributed by atoms with van der Waals surface area (Å²) in [5, 5.41) is 2.36. The molecule has 0 N–H and O–H groups in total. The third-order valence-electron chi connectivity index (χ3n) is 10.9. The molecule has 0 spiro atoms. The molecular weight excluding hydrogens is 631 g/mol. The van der Waals surface area contributed by atoms with E-state index in [9.17, 15) is 0 Å². The molecule has 0 saturated heterocycles. The summed E-state index contributed by atoms with van der Waals surface area (Å²) in [6.07, 6.45) is 16.0. The second-order valence-corrected chi connectivity index (χ2v) is 14.2. The van der Waals surface area contributed by atoms with Crippen molar-refractivity contribution in [3.8, 4) is 11.1 Å². The quantitative estimate of drug-likeness (QED) is 0.168. The highest BCUT2D eigenvalue weighted by molar-refractivity contribution is 6.06. The van der Waals surface area contributed by atoms with Gasteiger partial charge < -0.3 is 9.32 Å². The lowest BCUT2D eigenvalue weighted by atomic mass is 9.80. The van der Waals surface area contributed by atoms with Crippen molar-refractivity contribution >= 4 is 44.6 Å². The predicted octanol–water partition coefficient (Wildman–Crippen LogP) is 13.9. The number of allylic oxidation sites excluding steroid dienone is 8. The summed E-state index contributed by atoms with van der Waals surface area (Å²) >= 11 is 0. The van der Waals surface area contributed by atoms with Gasteiger partial charge in [-0.15, -0.1) is 0 Å². The Labute approximate surface area is 306 Å². The topological polar surface area (TPSA) is 16.4 Å². The van der Waals surface area contributed by atoms with Crippen molar-refractivity contribution in [2.75, 3.05) is 4.90 Å². The molecule has 2 aliphatic carbocycles. The Morgan fingerprint density at radius 3 is 1.81 bits per heavy atom. The molecule has 2 heteroatoms. The van der Waals surface area contributed by atoms with Crippen molar-refractivity contribution in [3.63, 3.8) is 0 Å². The molecule has 4 unspecified atom stereocenters. The molecule has 9 rings (SSSR count). The standard InChI is InChI=1S/C50H41NO/c1-34-11-6-7-14-44(34)39-23-30-43(31-24-39)51(41-26-19-37(20-27-41)36-12-4-3-5-13-36)42-28-21-38(22-29-42)40-25-32-45(35(2)33-40)47-16-10-17-48-46-15-8-9-18-49(46)52-50(47)48/h3-35,44-45H,1-2H3. The van der Waals surface area contributed by atoms with Crippen molar-refractivity contribution in [1.29, 1.82) is 0 Å². The fourth-order valence-electron chi connectivity index (χ4n) is 8.10. The van der Waals surface area contributed by atoms with Gasteiger partial charge in [0.25, 0.3) is 0 Å². The maximum Gasteiger partial charge on any atom is 0.139 e. The molecule has 7 aromatic rings. The number of hydrogen-bond donors (Lipinski definition) is 0. The summed E-state index contributed by atoms with van der Waals surface area (Å²) in [5.41, 5.74) is 12.8. The minimum atomic E-state index is 0.243. The summed E-state index contributed by atoms with van der Waals surface area (Å²) in [6, 6.07) is 52.5. The Balaban J connectivity index is 1.02. The average molecular weight is 672 g/mol. The Morgan fingerprint density at radius 1 is 0.481 bits per heavy atom. The van der Waals surface area contributed by atoms with Gasteiger partial charge >= 0.3 is 0 Å². The molecule has 1 aromatic heterocycles. The lowest BCUT2D eigenvalue weighted by Crippen LogP contribution is -2.11. The summed E-state index contributed by atoms with van der Waals surface area (Å²) in [7, 11) is 0. The van der Waals surface area contributed by atoms with Gasteiger partial charge in [0.1, 0.15) is 11.2 Å². The van der Waals surface area contributed by atoms with Crippen molar-refractivity contribution in [3.05, 3.63) is 205 Å². The number of benzene rings is 6. The SMILES string of the molecule is CC1C=CC=CC1c1ccc(N(c2ccc(C3=CC(C)C(c4cccc5c4oc4ccccc45)C=C3)cc2)c2ccc(-c3ccccc3)cc2)cc1. The minimum Gasteiger partial charge on any atom is -0.456 e. The normalized spacial score (nSPS) is 19.6. The Morgan fingerprint density at radius 2 is 1.10 bits per heavy atom. The van der Waals surface area contributed by atoms with Crippen LogP contribution in [0.25, 0.3) is 38.6 Å². The van der Waals surface area contributed by atoms with E-state index in [-0.39, 0.29) is 5.92 Å². The first-order valence-corrected chi connectivity index (χ1v) is 18.4. The van der Waals surface area contributed by atoms with Gasteiger partial charge in [0, 0.05) is 45.2 Å². The number of para-hydroxylation sites is 2. The van der Waals surface area contributed by atoms with Crippen LogP contribution in [-0.2, 0) is 0 Å². The third-order valence-corrected chi connectivity index (χ3v) is 10.9. The summed E-state index contributed by atoms with van der Waals surface area (Å²) in [6.45, 7) is 4.61. The van der Waals surface area contributed by atoms with E-state index < -0.39 is 0 Å². The zero-order chi connectivity index (χ0) is 35.0. The summed E-state index contributed by atoms with van der Waals surface area (Å²) in [4.78, 5) is 2.36. The average Bonchev–Trinajstić information content (AvgIpc) is 3.59. The number of fused-ring (bicyclic) bond motifs is 3. The fourth-order valence-corrected chi connectivity index (χ4v) is 8.10. The largest absolute Gasteiger partial charge is 0.456 e. The van der Waals surface area contributed by atoms with Crippen LogP contribution < -0.4 is 4.90 Å². The van der Waals surface area contributed by atoms with Crippen LogP contribution >= 0.6 is 0 Å². The Kier molecular flexibility index (Phi) is 8.29. The zero-order valence-electron chi connectivity index (χ0n) is 29.6. The molecule has 0 bridgehead atoms. The van der Waals surface area contributed by atoms with Crippen molar-refractivity contribution in [2.45, 2.75) is 25.7 Å². The van der Waals surface area contributed by atoms with Crippen molar-refractivity contribution in [2.24, 2.45) is 11.8 Å². The van der Waals surface area contributed by atoms with Crippen LogP contribution in [0.5, 0.6) is 0 Å². The van der Waals surface area contributed by atoms with E-state index in [4.69, 9.17) is 4.42 Å². The molecule has 0 radical (unpaired) electrons. The second kappa shape index (κ2) is 13.5. The minimum absolute atomic E-state index is 0.243. The Bertz CT molecular complexity index is 2480. The molecule has 0 fully saturated rings. The zero-order valence-corrected chi connectivity index (χ0v) is 29.6. The highest BCUT2D eigenvalue weighted by atomic mass is 16.3. The first kappa shape index (κ1) is 31.8. The van der Waals surface area contributed by atoms with Gasteiger partial charge in [-0.2, -0.15) is 0 Å². The Hall–Kier alpha value is -6.12. The summed E-state index contributed by atoms with van der Waals surface area (Å²) < 4.78 is 6.41. The number of furan rings is 1. The molecule has 2 nitrogen and oxygen atoms in total. The van der Waals surface area contributed by atoms with Gasteiger partial charge in [0.15, 0.2) is 0 Å². The van der Waals surface area contributed by atoms with Gasteiger partial charge in [-0.1, -0.05) is 160 Å². The molecular formula is C50H41NO. The molecule has 6 aromatic carbocycles. The second-order valence-electron chi connectivity index (χ2n) is 14.2. The smallest absolute Gasteiger partial charge is 0.139 e. The number of anilines is 3. The maximum atomic E-state index is 6.41. The van der Waals surface area contributed by atoms with Crippen LogP contribution in [-0.4, -0.2) is 0 Å². The van der Waals surface area contributed by atoms with Gasteiger partial charge in [-0.3, -0.25) is 0 Å². The van der Waals surface area contributed by atoms with Gasteiger partial charge in [-0.05, 0) is 82.1 Å². The van der Waals surface area contributed by atoms with Crippen LogP contribution in [0.2, 0.25) is 0 Å². The van der Waals surface area contributed by atoms with Crippen molar-refractivity contribution in [1.82, 2.24) is 0 Å². The van der Waals surface area contributed by atoms with Crippen molar-refractivity contribution < 1.29 is 4.42 Å². The van der Waals surface area contributed by atoms with Gasteiger partial charge in [0.2, 0.25) is 0 Å². The molecule has 252 valence electrons. The molecule has 0 amide bonds. The first-order chi connectivity index (χ1) is 25.6. The summed E-state index contributed by atoms with van der Waals surface area (Å²) in [5.74, 6) is 1.43. The van der Waals surface area contributed by atoms with Crippen LogP contribution in [0.3, 0.4) is 0 Å². The monoisotopic (exact) mass is 671 g/mol. The molecule has 1 heterocycles. The van der Waals surface area contributed by atoms with Crippen LogP contribution in [0.1, 0.15) is 42.4 Å². The highest BCUT2D eigenvalue weighted by Gasteiger charge is 2.24. The van der Waals surface area contributed by atoms with E-state index in [1.165, 1.54) is 44.2 Å². The third kappa shape index (κ3) is 5.91. The maximum absolute atomic E-state index is 6.41. The molecule has 0 aliphatic heterocycles. The number of nitrogens with zero attached hydrogens (tertiary/aromatic N) is 1. The van der Waals surface area contributed by atoms with Crippen LogP contribution in [0.15, 0.2) is 193 Å². The van der Waals surface area contributed by atoms with E-state index in [0.717, 1.165) is 28.2 Å². The molecule has 52 heavy (non-hydrogen) atoms. The van der Waals surface area contributed by atoms with Gasteiger partial charge in [-0.25, -0.2) is 0 Å². The molecule has 0 saturated carbocycles. The highest BCUT2D eigenvalue weighted by Crippen LogP contribution is 2.42. The fraction of sp³-hybridized carbons (Fsp3) is 0.120. The van der Waals surface area contributed by atoms with E-state index in [2.05, 4.69) is 201 Å². The van der Waals surface area contributed by atoms with Gasteiger partial charge in [0.05, 0.1) is 0 Å². The number of rotatable bonds is 7. The predicted molar refractivity (Wildman–Crippen MR) is 219 cm³/mol. The molecule has 4 atom stereocenters. The van der Waals surface area contributed by atoms with E-state index >= 15 is 0 Å². The first-order valence-electron chi connectivity index (χ1n) is 18.4. The van der Waals surface area contributed by atoms with E-state index in [1.807, 2.05) is 6.07 Å².